The number of fused-ring (bicyclic) bond motifs is 1. The molecule has 7 rings (SSSR count). The fraction of sp³-hybridized carbons (Fsp3) is 0.500. The third kappa shape index (κ3) is 6.86. The summed E-state index contributed by atoms with van der Waals surface area (Å²) >= 11 is 1.48. The lowest BCUT2D eigenvalue weighted by molar-refractivity contribution is 0.0702. The van der Waals surface area contributed by atoms with Crippen LogP contribution < -0.4 is 4.74 Å². The normalized spacial score (nSPS) is 19.3. The Hall–Kier alpha value is -3.13. The van der Waals surface area contributed by atoms with Crippen LogP contribution in [-0.4, -0.2) is 64.2 Å². The molecule has 2 aromatic carbocycles. The van der Waals surface area contributed by atoms with Crippen molar-refractivity contribution in [3.8, 4) is 17.0 Å². The molecule has 2 aromatic heterocycles. The second-order valence-corrected chi connectivity index (χ2v) is 14.4. The predicted molar refractivity (Wildman–Crippen MR) is 184 cm³/mol. The SMILES string of the molecule is O=C(O)c1cc2c(s1)c(C1CCCCC1)c(-c1ccc(OCc3ccccc3)cc1)n2CCN1CCC(N2CCCCC2)CC1. The number of aromatic carboxylic acids is 1. The van der Waals surface area contributed by atoms with E-state index in [1.54, 1.807) is 0 Å². The number of nitrogens with zero attached hydrogens (tertiary/aromatic N) is 3. The first-order valence-electron chi connectivity index (χ1n) is 17.3. The first-order valence-corrected chi connectivity index (χ1v) is 18.1. The third-order valence-electron chi connectivity index (χ3n) is 10.5. The van der Waals surface area contributed by atoms with E-state index in [4.69, 9.17) is 4.74 Å². The van der Waals surface area contributed by atoms with Gasteiger partial charge in [-0.25, -0.2) is 4.79 Å². The average molecular weight is 626 g/mol. The number of carboxylic acids is 1. The highest BCUT2D eigenvalue weighted by molar-refractivity contribution is 7.21. The fourth-order valence-electron chi connectivity index (χ4n) is 8.05. The number of likely N-dealkylation sites (tertiary alicyclic amines) is 2. The zero-order chi connectivity index (χ0) is 30.6. The molecule has 238 valence electrons. The number of piperidine rings is 2. The Labute approximate surface area is 271 Å². The fourth-order valence-corrected chi connectivity index (χ4v) is 9.17. The van der Waals surface area contributed by atoms with E-state index in [-0.39, 0.29) is 0 Å². The quantitative estimate of drug-likeness (QED) is 0.191. The van der Waals surface area contributed by atoms with Gasteiger partial charge >= 0.3 is 5.97 Å². The Bertz CT molecular complexity index is 1560. The highest BCUT2D eigenvalue weighted by Gasteiger charge is 2.30. The van der Waals surface area contributed by atoms with Gasteiger partial charge in [-0.2, -0.15) is 0 Å². The van der Waals surface area contributed by atoms with Gasteiger partial charge in [0.2, 0.25) is 0 Å². The van der Waals surface area contributed by atoms with Crippen LogP contribution in [0.4, 0.5) is 0 Å². The molecule has 0 unspecified atom stereocenters. The van der Waals surface area contributed by atoms with E-state index in [0.717, 1.165) is 49.1 Å². The van der Waals surface area contributed by atoms with Gasteiger partial charge in [0.25, 0.3) is 0 Å². The van der Waals surface area contributed by atoms with Crippen molar-refractivity contribution >= 4 is 27.5 Å². The number of carbonyl (C=O) groups is 1. The molecular formula is C38H47N3O3S. The van der Waals surface area contributed by atoms with Gasteiger partial charge in [0.05, 0.1) is 15.9 Å². The topological polar surface area (TPSA) is 57.9 Å². The van der Waals surface area contributed by atoms with Crippen LogP contribution in [-0.2, 0) is 13.2 Å². The Kier molecular flexibility index (Phi) is 9.57. The van der Waals surface area contributed by atoms with Gasteiger partial charge < -0.3 is 24.2 Å². The molecule has 2 aliphatic heterocycles. The monoisotopic (exact) mass is 625 g/mol. The van der Waals surface area contributed by atoms with Crippen molar-refractivity contribution in [3.63, 3.8) is 0 Å². The lowest BCUT2D eigenvalue weighted by Gasteiger charge is -2.40. The lowest BCUT2D eigenvalue weighted by Crippen LogP contribution is -2.47. The maximum atomic E-state index is 12.2. The summed E-state index contributed by atoms with van der Waals surface area (Å²) in [7, 11) is 0. The molecule has 45 heavy (non-hydrogen) atoms. The minimum atomic E-state index is -0.821. The van der Waals surface area contributed by atoms with Crippen molar-refractivity contribution in [2.24, 2.45) is 0 Å². The number of carboxylic acid groups (broad SMARTS) is 1. The van der Waals surface area contributed by atoms with Gasteiger partial charge in [-0.05, 0) is 118 Å². The summed E-state index contributed by atoms with van der Waals surface area (Å²) in [5, 5.41) is 9.99. The van der Waals surface area contributed by atoms with Crippen LogP contribution >= 0.6 is 11.3 Å². The van der Waals surface area contributed by atoms with E-state index in [9.17, 15) is 9.90 Å². The summed E-state index contributed by atoms with van der Waals surface area (Å²) in [6.45, 7) is 7.26. The summed E-state index contributed by atoms with van der Waals surface area (Å²) in [5.74, 6) is 0.511. The van der Waals surface area contributed by atoms with E-state index in [1.165, 1.54) is 110 Å². The minimum absolute atomic E-state index is 0.448. The van der Waals surface area contributed by atoms with Crippen LogP contribution in [0.3, 0.4) is 0 Å². The average Bonchev–Trinajstić information content (AvgIpc) is 3.66. The van der Waals surface area contributed by atoms with E-state index >= 15 is 0 Å². The molecule has 2 saturated heterocycles. The molecule has 3 aliphatic rings. The summed E-state index contributed by atoms with van der Waals surface area (Å²) in [4.78, 5) is 18.0. The van der Waals surface area contributed by atoms with Gasteiger partial charge in [-0.3, -0.25) is 0 Å². The first kappa shape index (κ1) is 30.5. The third-order valence-corrected chi connectivity index (χ3v) is 11.6. The Balaban J connectivity index is 1.17. The number of hydrogen-bond donors (Lipinski definition) is 1. The Morgan fingerprint density at radius 3 is 2.24 bits per heavy atom. The summed E-state index contributed by atoms with van der Waals surface area (Å²) < 4.78 is 9.80. The summed E-state index contributed by atoms with van der Waals surface area (Å²) in [5.41, 5.74) is 6.12. The number of rotatable bonds is 10. The molecular weight excluding hydrogens is 579 g/mol. The second kappa shape index (κ2) is 14.1. The van der Waals surface area contributed by atoms with Crippen molar-refractivity contribution in [1.29, 1.82) is 0 Å². The van der Waals surface area contributed by atoms with Crippen LogP contribution in [0.25, 0.3) is 21.5 Å². The van der Waals surface area contributed by atoms with Crippen molar-refractivity contribution in [1.82, 2.24) is 14.4 Å². The molecule has 0 bridgehead atoms. The van der Waals surface area contributed by atoms with Gasteiger partial charge in [-0.1, -0.05) is 56.0 Å². The Morgan fingerprint density at radius 1 is 0.822 bits per heavy atom. The first-order chi connectivity index (χ1) is 22.1. The highest BCUT2D eigenvalue weighted by Crippen LogP contribution is 2.47. The molecule has 4 aromatic rings. The van der Waals surface area contributed by atoms with E-state index in [1.807, 2.05) is 24.3 Å². The number of thiophene rings is 1. The molecule has 0 amide bonds. The van der Waals surface area contributed by atoms with Crippen molar-refractivity contribution in [2.75, 3.05) is 32.7 Å². The largest absolute Gasteiger partial charge is 0.489 e. The maximum absolute atomic E-state index is 12.2. The molecule has 0 atom stereocenters. The smallest absolute Gasteiger partial charge is 0.345 e. The summed E-state index contributed by atoms with van der Waals surface area (Å²) in [6.07, 6.45) is 12.7. The second-order valence-electron chi connectivity index (χ2n) is 13.3. The van der Waals surface area contributed by atoms with Gasteiger partial charge in [-0.15, -0.1) is 11.3 Å². The lowest BCUT2D eigenvalue weighted by atomic mass is 9.83. The maximum Gasteiger partial charge on any atom is 0.345 e. The number of ether oxygens (including phenoxy) is 1. The number of aromatic nitrogens is 1. The van der Waals surface area contributed by atoms with Crippen LogP contribution in [0, 0.1) is 0 Å². The molecule has 3 fully saturated rings. The minimum Gasteiger partial charge on any atom is -0.489 e. The zero-order valence-electron chi connectivity index (χ0n) is 26.5. The van der Waals surface area contributed by atoms with Crippen molar-refractivity contribution in [3.05, 3.63) is 76.7 Å². The number of hydrogen-bond acceptors (Lipinski definition) is 5. The molecule has 6 nitrogen and oxygen atoms in total. The molecule has 1 N–H and O–H groups in total. The van der Waals surface area contributed by atoms with Crippen molar-refractivity contribution in [2.45, 2.75) is 89.3 Å². The molecule has 7 heteroatoms. The Morgan fingerprint density at radius 2 is 1.53 bits per heavy atom. The molecule has 1 aliphatic carbocycles. The van der Waals surface area contributed by atoms with E-state index in [2.05, 4.69) is 50.8 Å². The van der Waals surface area contributed by atoms with Crippen molar-refractivity contribution < 1.29 is 14.6 Å². The molecule has 0 radical (unpaired) electrons. The predicted octanol–water partition coefficient (Wildman–Crippen LogP) is 8.65. The van der Waals surface area contributed by atoms with E-state index < -0.39 is 5.97 Å². The molecule has 4 heterocycles. The van der Waals surface area contributed by atoms with Crippen LogP contribution in [0.1, 0.15) is 90.9 Å². The standard InChI is InChI=1S/C38H47N3O3S/c42-38(43)34-26-33-37(45-34)35(29-12-6-2-7-13-29)36(30-14-16-32(17-15-30)44-27-28-10-4-1-5-11-28)41(33)25-24-39-22-18-31(19-23-39)40-20-8-3-9-21-40/h1,4-5,10-11,14-17,26,29,31H,2-3,6-9,12-13,18-25,27H2,(H,42,43). The van der Waals surface area contributed by atoms with Crippen LogP contribution in [0.2, 0.25) is 0 Å². The van der Waals surface area contributed by atoms with Gasteiger partial charge in [0.1, 0.15) is 17.2 Å². The van der Waals surface area contributed by atoms with E-state index in [0.29, 0.717) is 17.4 Å². The molecule has 0 spiro atoms. The number of benzene rings is 2. The summed E-state index contributed by atoms with van der Waals surface area (Å²) in [6, 6.07) is 21.6. The van der Waals surface area contributed by atoms with Crippen LogP contribution in [0.5, 0.6) is 5.75 Å². The zero-order valence-corrected chi connectivity index (χ0v) is 27.3. The van der Waals surface area contributed by atoms with Crippen LogP contribution in [0.15, 0.2) is 60.7 Å². The van der Waals surface area contributed by atoms with Gasteiger partial charge in [0.15, 0.2) is 0 Å². The van der Waals surface area contributed by atoms with Gasteiger partial charge in [0, 0.05) is 19.1 Å². The molecule has 1 saturated carbocycles. The highest BCUT2D eigenvalue weighted by atomic mass is 32.1.